The molecular weight excluding hydrogens is 268 g/mol. The Balaban J connectivity index is 1.86. The highest BCUT2D eigenvalue weighted by Crippen LogP contribution is 2.09. The van der Waals surface area contributed by atoms with E-state index in [9.17, 15) is 9.59 Å². The minimum absolute atomic E-state index is 0.0602. The average molecular weight is 284 g/mol. The lowest BCUT2D eigenvalue weighted by molar-refractivity contribution is -0.120. The zero-order valence-corrected chi connectivity index (χ0v) is 11.5. The first kappa shape index (κ1) is 14.7. The van der Waals surface area contributed by atoms with Gasteiger partial charge in [0.1, 0.15) is 0 Å². The Morgan fingerprint density at radius 2 is 1.86 bits per heavy atom. The van der Waals surface area contributed by atoms with E-state index < -0.39 is 5.97 Å². The van der Waals surface area contributed by atoms with Crippen LogP contribution >= 0.6 is 0 Å². The highest BCUT2D eigenvalue weighted by Gasteiger charge is 2.12. The summed E-state index contributed by atoms with van der Waals surface area (Å²) in [6, 6.07) is 12.2. The molecule has 0 aliphatic carbocycles. The number of carbonyl (C=O) groups is 2. The van der Waals surface area contributed by atoms with E-state index in [2.05, 4.69) is 10.3 Å². The van der Waals surface area contributed by atoms with Crippen LogP contribution in [0.1, 0.15) is 21.6 Å². The van der Waals surface area contributed by atoms with Crippen LogP contribution in [-0.4, -0.2) is 28.5 Å². The van der Waals surface area contributed by atoms with Gasteiger partial charge in [0.25, 0.3) is 0 Å². The second-order valence-electron chi connectivity index (χ2n) is 4.56. The molecule has 2 aromatic rings. The summed E-state index contributed by atoms with van der Waals surface area (Å²) in [5.74, 6) is -1.22. The van der Waals surface area contributed by atoms with Gasteiger partial charge >= 0.3 is 5.97 Å². The highest BCUT2D eigenvalue weighted by molar-refractivity contribution is 5.91. The van der Waals surface area contributed by atoms with Crippen LogP contribution in [0, 0.1) is 0 Å². The lowest BCUT2D eigenvalue weighted by Gasteiger charge is -2.07. The topological polar surface area (TPSA) is 79.3 Å². The summed E-state index contributed by atoms with van der Waals surface area (Å²) in [5.41, 5.74) is 1.58. The second kappa shape index (κ2) is 7.19. The predicted molar refractivity (Wildman–Crippen MR) is 78.1 cm³/mol. The van der Waals surface area contributed by atoms with E-state index in [1.807, 2.05) is 18.2 Å². The lowest BCUT2D eigenvalue weighted by atomic mass is 10.0. The largest absolute Gasteiger partial charge is 0.478 e. The fraction of sp³-hybridized carbons (Fsp3) is 0.188. The third-order valence-electron chi connectivity index (χ3n) is 3.03. The Morgan fingerprint density at radius 1 is 1.10 bits per heavy atom. The van der Waals surface area contributed by atoms with Gasteiger partial charge in [0.2, 0.25) is 5.91 Å². The maximum absolute atomic E-state index is 11.9. The number of aromatic carboxylic acids is 1. The van der Waals surface area contributed by atoms with Gasteiger partial charge in [-0.25, -0.2) is 4.79 Å². The number of rotatable bonds is 6. The molecule has 0 fully saturated rings. The number of benzene rings is 1. The van der Waals surface area contributed by atoms with Crippen LogP contribution in [0.4, 0.5) is 0 Å². The molecule has 0 spiro atoms. The van der Waals surface area contributed by atoms with Crippen LogP contribution in [-0.2, 0) is 17.6 Å². The van der Waals surface area contributed by atoms with Gasteiger partial charge in [0.15, 0.2) is 0 Å². The van der Waals surface area contributed by atoms with Crippen molar-refractivity contribution >= 4 is 11.9 Å². The number of carboxylic acids is 1. The van der Waals surface area contributed by atoms with Gasteiger partial charge in [0, 0.05) is 24.9 Å². The number of amides is 1. The van der Waals surface area contributed by atoms with Crippen LogP contribution in [0.25, 0.3) is 0 Å². The van der Waals surface area contributed by atoms with E-state index in [-0.39, 0.29) is 17.9 Å². The van der Waals surface area contributed by atoms with Gasteiger partial charge in [-0.15, -0.1) is 0 Å². The fourth-order valence-corrected chi connectivity index (χ4v) is 1.99. The van der Waals surface area contributed by atoms with E-state index >= 15 is 0 Å². The Hall–Kier alpha value is -2.69. The highest BCUT2D eigenvalue weighted by atomic mass is 16.4. The molecule has 0 aliphatic heterocycles. The van der Waals surface area contributed by atoms with Crippen LogP contribution < -0.4 is 5.32 Å². The third kappa shape index (κ3) is 4.42. The Bertz CT molecular complexity index is 626. The number of aromatic nitrogens is 1. The molecule has 2 rings (SSSR count). The number of hydrogen-bond donors (Lipinski definition) is 2. The summed E-state index contributed by atoms with van der Waals surface area (Å²) >= 11 is 0. The first-order chi connectivity index (χ1) is 10.2. The zero-order valence-electron chi connectivity index (χ0n) is 11.5. The summed E-state index contributed by atoms with van der Waals surface area (Å²) < 4.78 is 0. The Kier molecular flexibility index (Phi) is 5.04. The molecule has 0 aliphatic rings. The maximum Gasteiger partial charge on any atom is 0.335 e. The van der Waals surface area contributed by atoms with Gasteiger partial charge in [-0.2, -0.15) is 0 Å². The number of nitrogens with one attached hydrogen (secondary N) is 1. The van der Waals surface area contributed by atoms with Crippen molar-refractivity contribution in [1.29, 1.82) is 0 Å². The SMILES string of the molecule is O=C(Cc1ccccc1C(=O)O)NCCc1ccccn1. The van der Waals surface area contributed by atoms with Crippen LogP contribution in [0.5, 0.6) is 0 Å². The zero-order chi connectivity index (χ0) is 15.1. The Labute approximate surface area is 122 Å². The van der Waals surface area contributed by atoms with Crippen LogP contribution in [0.3, 0.4) is 0 Å². The molecule has 1 heterocycles. The fourth-order valence-electron chi connectivity index (χ4n) is 1.99. The molecule has 1 aromatic heterocycles. The van der Waals surface area contributed by atoms with Crippen molar-refractivity contribution in [2.45, 2.75) is 12.8 Å². The van der Waals surface area contributed by atoms with E-state index in [1.165, 1.54) is 6.07 Å². The quantitative estimate of drug-likeness (QED) is 0.846. The number of pyridine rings is 1. The van der Waals surface area contributed by atoms with Gasteiger partial charge in [-0.05, 0) is 23.8 Å². The smallest absolute Gasteiger partial charge is 0.335 e. The van der Waals surface area contributed by atoms with Gasteiger partial charge < -0.3 is 10.4 Å². The van der Waals surface area contributed by atoms with Crippen molar-refractivity contribution in [3.05, 3.63) is 65.5 Å². The van der Waals surface area contributed by atoms with Crippen molar-refractivity contribution in [2.75, 3.05) is 6.54 Å². The molecule has 108 valence electrons. The van der Waals surface area contributed by atoms with Gasteiger partial charge in [0.05, 0.1) is 12.0 Å². The minimum atomic E-state index is -1.02. The molecule has 0 saturated carbocycles. The van der Waals surface area contributed by atoms with E-state index in [0.29, 0.717) is 18.5 Å². The van der Waals surface area contributed by atoms with Crippen molar-refractivity contribution < 1.29 is 14.7 Å². The molecule has 0 atom stereocenters. The average Bonchev–Trinajstić information content (AvgIpc) is 2.48. The summed E-state index contributed by atoms with van der Waals surface area (Å²) in [7, 11) is 0. The summed E-state index contributed by atoms with van der Waals surface area (Å²) in [5, 5.41) is 11.8. The molecule has 1 amide bonds. The van der Waals surface area contributed by atoms with E-state index in [1.54, 1.807) is 24.4 Å². The summed E-state index contributed by atoms with van der Waals surface area (Å²) in [6.07, 6.45) is 2.41. The van der Waals surface area contributed by atoms with Crippen molar-refractivity contribution in [3.8, 4) is 0 Å². The number of hydrogen-bond acceptors (Lipinski definition) is 3. The van der Waals surface area contributed by atoms with Crippen LogP contribution in [0.15, 0.2) is 48.7 Å². The predicted octanol–water partition coefficient (Wildman–Crippen LogP) is 1.68. The molecule has 2 N–H and O–H groups in total. The Morgan fingerprint density at radius 3 is 2.57 bits per heavy atom. The molecule has 0 radical (unpaired) electrons. The van der Waals surface area contributed by atoms with Gasteiger partial charge in [-0.1, -0.05) is 24.3 Å². The van der Waals surface area contributed by atoms with Gasteiger partial charge in [-0.3, -0.25) is 9.78 Å². The molecule has 0 unspecified atom stereocenters. The monoisotopic (exact) mass is 284 g/mol. The molecule has 5 nitrogen and oxygen atoms in total. The minimum Gasteiger partial charge on any atom is -0.478 e. The molecule has 21 heavy (non-hydrogen) atoms. The summed E-state index contributed by atoms with van der Waals surface area (Å²) in [4.78, 5) is 27.1. The van der Waals surface area contributed by atoms with E-state index in [0.717, 1.165) is 5.69 Å². The maximum atomic E-state index is 11.9. The van der Waals surface area contributed by atoms with Crippen molar-refractivity contribution in [1.82, 2.24) is 10.3 Å². The molecule has 0 saturated heterocycles. The number of nitrogens with zero attached hydrogens (tertiary/aromatic N) is 1. The molecule has 1 aromatic carbocycles. The van der Waals surface area contributed by atoms with Crippen molar-refractivity contribution in [2.24, 2.45) is 0 Å². The molecule has 0 bridgehead atoms. The standard InChI is InChI=1S/C16H16N2O3/c19-15(18-10-8-13-6-3-4-9-17-13)11-12-5-1-2-7-14(12)16(20)21/h1-7,9H,8,10-11H2,(H,18,19)(H,20,21). The molecule has 5 heteroatoms. The number of carbonyl (C=O) groups excluding carboxylic acids is 1. The normalized spacial score (nSPS) is 10.1. The van der Waals surface area contributed by atoms with Crippen LogP contribution in [0.2, 0.25) is 0 Å². The first-order valence-corrected chi connectivity index (χ1v) is 6.64. The lowest BCUT2D eigenvalue weighted by Crippen LogP contribution is -2.28. The van der Waals surface area contributed by atoms with E-state index in [4.69, 9.17) is 5.11 Å². The summed E-state index contributed by atoms with van der Waals surface area (Å²) in [6.45, 7) is 0.477. The molecular formula is C16H16N2O3. The number of carboxylic acid groups (broad SMARTS) is 1. The second-order valence-corrected chi connectivity index (χ2v) is 4.56. The third-order valence-corrected chi connectivity index (χ3v) is 3.03. The first-order valence-electron chi connectivity index (χ1n) is 6.64. The van der Waals surface area contributed by atoms with Crippen molar-refractivity contribution in [3.63, 3.8) is 0 Å².